The summed E-state index contributed by atoms with van der Waals surface area (Å²) in [5.74, 6) is -5.53. The van der Waals surface area contributed by atoms with Crippen LogP contribution in [0, 0.1) is 0 Å². The van der Waals surface area contributed by atoms with Crippen LogP contribution >= 0.6 is 0 Å². The average molecular weight is 668 g/mol. The van der Waals surface area contributed by atoms with Crippen LogP contribution in [0.1, 0.15) is 71.6 Å². The first kappa shape index (κ1) is 38.9. The van der Waals surface area contributed by atoms with Crippen LogP contribution in [0.15, 0.2) is 0 Å². The van der Waals surface area contributed by atoms with E-state index in [1.165, 1.54) is 23.6 Å². The van der Waals surface area contributed by atoms with Crippen molar-refractivity contribution in [2.45, 2.75) is 108 Å². The van der Waals surface area contributed by atoms with E-state index in [-0.39, 0.29) is 45.3 Å². The number of hydrogen-bond donors (Lipinski definition) is 8. The molecule has 47 heavy (non-hydrogen) atoms. The molecule has 18 nitrogen and oxygen atoms in total. The van der Waals surface area contributed by atoms with Gasteiger partial charge >= 0.3 is 5.97 Å². The number of carboxylic acid groups (broad SMARTS) is 1. The second-order valence-corrected chi connectivity index (χ2v) is 11.9. The molecule has 0 aromatic carbocycles. The molecule has 0 aliphatic carbocycles. The molecule has 0 aromatic rings. The summed E-state index contributed by atoms with van der Waals surface area (Å²) in [4.78, 5) is 103. The number of aliphatic carboxylic acids is 1. The minimum atomic E-state index is -1.13. The van der Waals surface area contributed by atoms with Crippen molar-refractivity contribution in [2.75, 3.05) is 26.2 Å². The summed E-state index contributed by atoms with van der Waals surface area (Å²) in [5.41, 5.74) is 16.2. The van der Waals surface area contributed by atoms with Crippen LogP contribution in [0.2, 0.25) is 0 Å². The summed E-state index contributed by atoms with van der Waals surface area (Å²) in [7, 11) is 0. The summed E-state index contributed by atoms with van der Waals surface area (Å²) >= 11 is 0. The number of nitrogens with two attached hydrogens (primary N) is 3. The van der Waals surface area contributed by atoms with E-state index in [0.29, 0.717) is 38.6 Å². The number of hydrogen-bond acceptors (Lipinski definition) is 10. The highest BCUT2D eigenvalue weighted by molar-refractivity contribution is 5.97. The smallest absolute Gasteiger partial charge is 0.326 e. The highest BCUT2D eigenvalue weighted by Crippen LogP contribution is 2.21. The quantitative estimate of drug-likeness (QED) is 0.0660. The molecule has 11 N–H and O–H groups in total. The SMILES string of the molecule is C[C@H](NC(=O)[C@H](CCCCN)NC(=O)[C@@H]1CCCN1C(=O)[C@H](CCC(N)=O)NC(=O)CN)C(=O)N[C@@H](C)C(=O)N1CCC[C@H]1C(=O)O. The van der Waals surface area contributed by atoms with Crippen LogP contribution < -0.4 is 38.5 Å². The predicted molar refractivity (Wildman–Crippen MR) is 167 cm³/mol. The molecule has 6 atom stereocenters. The Kier molecular flexibility index (Phi) is 15.5. The van der Waals surface area contributed by atoms with Gasteiger partial charge in [0.15, 0.2) is 0 Å². The molecule has 2 heterocycles. The highest BCUT2D eigenvalue weighted by atomic mass is 16.4. The van der Waals surface area contributed by atoms with Crippen LogP contribution in [0.5, 0.6) is 0 Å². The van der Waals surface area contributed by atoms with Crippen LogP contribution in [-0.2, 0) is 38.4 Å². The summed E-state index contributed by atoms with van der Waals surface area (Å²) in [5, 5.41) is 19.6. The average Bonchev–Trinajstić information content (AvgIpc) is 3.72. The molecular weight excluding hydrogens is 618 g/mol. The van der Waals surface area contributed by atoms with Crippen molar-refractivity contribution in [1.82, 2.24) is 31.1 Å². The van der Waals surface area contributed by atoms with E-state index in [4.69, 9.17) is 17.2 Å². The number of carboxylic acids is 1. The van der Waals surface area contributed by atoms with Gasteiger partial charge in [0.1, 0.15) is 36.3 Å². The van der Waals surface area contributed by atoms with E-state index < -0.39 is 83.6 Å². The van der Waals surface area contributed by atoms with Gasteiger partial charge in [0.25, 0.3) is 0 Å². The van der Waals surface area contributed by atoms with Gasteiger partial charge in [0.05, 0.1) is 6.54 Å². The minimum Gasteiger partial charge on any atom is -0.480 e. The molecule has 0 bridgehead atoms. The normalized spacial score (nSPS) is 20.0. The fourth-order valence-corrected chi connectivity index (χ4v) is 5.65. The number of likely N-dealkylation sites (tertiary alicyclic amines) is 2. The van der Waals surface area contributed by atoms with Crippen LogP contribution in [0.25, 0.3) is 0 Å². The topological polar surface area (TPSA) is 289 Å². The highest BCUT2D eigenvalue weighted by Gasteiger charge is 2.40. The molecule has 0 aromatic heterocycles. The summed E-state index contributed by atoms with van der Waals surface area (Å²) in [6, 6.07) is -6.33. The van der Waals surface area contributed by atoms with Crippen molar-refractivity contribution in [1.29, 1.82) is 0 Å². The Balaban J connectivity index is 2.08. The van der Waals surface area contributed by atoms with Gasteiger partial charge in [-0.15, -0.1) is 0 Å². The summed E-state index contributed by atoms with van der Waals surface area (Å²) in [6.45, 7) is 3.24. The number of rotatable bonds is 18. The second-order valence-electron chi connectivity index (χ2n) is 11.9. The van der Waals surface area contributed by atoms with Gasteiger partial charge in [-0.3, -0.25) is 33.6 Å². The molecule has 264 valence electrons. The van der Waals surface area contributed by atoms with Crippen molar-refractivity contribution >= 4 is 47.3 Å². The second kappa shape index (κ2) is 18.7. The Morgan fingerprint density at radius 3 is 1.91 bits per heavy atom. The van der Waals surface area contributed by atoms with Gasteiger partial charge in [-0.05, 0) is 71.8 Å². The van der Waals surface area contributed by atoms with Crippen molar-refractivity contribution in [3.8, 4) is 0 Å². The van der Waals surface area contributed by atoms with Crippen molar-refractivity contribution < 1.29 is 43.5 Å². The monoisotopic (exact) mass is 667 g/mol. The fourth-order valence-electron chi connectivity index (χ4n) is 5.65. The first-order chi connectivity index (χ1) is 22.2. The lowest BCUT2D eigenvalue weighted by Gasteiger charge is -2.30. The number of amides is 7. The lowest BCUT2D eigenvalue weighted by Crippen LogP contribution is -2.58. The van der Waals surface area contributed by atoms with E-state index in [9.17, 15) is 43.5 Å². The molecule has 0 saturated carbocycles. The maximum absolute atomic E-state index is 13.5. The molecular formula is C29H49N9O9. The van der Waals surface area contributed by atoms with Gasteiger partial charge < -0.3 is 53.4 Å². The first-order valence-corrected chi connectivity index (χ1v) is 15.9. The zero-order chi connectivity index (χ0) is 35.3. The molecule has 7 amide bonds. The maximum atomic E-state index is 13.5. The van der Waals surface area contributed by atoms with E-state index in [1.807, 2.05) is 0 Å². The van der Waals surface area contributed by atoms with Gasteiger partial charge in [0, 0.05) is 19.5 Å². The first-order valence-electron chi connectivity index (χ1n) is 15.9. The number of nitrogens with zero attached hydrogens (tertiary/aromatic N) is 2. The van der Waals surface area contributed by atoms with Crippen LogP contribution in [0.3, 0.4) is 0 Å². The molecule has 2 rings (SSSR count). The van der Waals surface area contributed by atoms with Crippen molar-refractivity contribution in [3.05, 3.63) is 0 Å². The maximum Gasteiger partial charge on any atom is 0.326 e. The van der Waals surface area contributed by atoms with E-state index in [1.54, 1.807) is 0 Å². The molecule has 0 radical (unpaired) electrons. The standard InChI is InChI=1S/C29H49N9O9/c1-16(24(41)34-17(2)27(44)38-14-6-9-21(38)29(46)47)33-25(42)18(7-3-4-12-30)36-26(43)20-8-5-13-37(20)28(45)19(10-11-22(32)39)35-23(40)15-31/h16-21H,3-15,30-31H2,1-2H3,(H2,32,39)(H,33,42)(H,34,41)(H,35,40)(H,36,43)(H,46,47)/t16-,17-,18-,19-,20-,21-/m0/s1. The molecule has 2 fully saturated rings. The Labute approximate surface area is 273 Å². The Morgan fingerprint density at radius 1 is 0.745 bits per heavy atom. The Bertz CT molecular complexity index is 1180. The van der Waals surface area contributed by atoms with E-state index in [0.717, 1.165) is 0 Å². The van der Waals surface area contributed by atoms with Gasteiger partial charge in [-0.25, -0.2) is 4.79 Å². The third-order valence-electron chi connectivity index (χ3n) is 8.22. The number of primary amides is 1. The number of carbonyl (C=O) groups excluding carboxylic acids is 7. The summed E-state index contributed by atoms with van der Waals surface area (Å²) < 4.78 is 0. The molecule has 0 spiro atoms. The van der Waals surface area contributed by atoms with Gasteiger partial charge in [-0.2, -0.15) is 0 Å². The lowest BCUT2D eigenvalue weighted by molar-refractivity contribution is -0.149. The van der Waals surface area contributed by atoms with Gasteiger partial charge in [0.2, 0.25) is 41.4 Å². The molecule has 18 heteroatoms. The Morgan fingerprint density at radius 2 is 1.34 bits per heavy atom. The zero-order valence-electron chi connectivity index (χ0n) is 27.0. The van der Waals surface area contributed by atoms with E-state index >= 15 is 0 Å². The predicted octanol–water partition coefficient (Wildman–Crippen LogP) is -3.61. The largest absolute Gasteiger partial charge is 0.480 e. The lowest BCUT2D eigenvalue weighted by atomic mass is 10.1. The fraction of sp³-hybridized carbons (Fsp3) is 0.724. The molecule has 2 aliphatic heterocycles. The molecule has 2 aliphatic rings. The van der Waals surface area contributed by atoms with Crippen molar-refractivity contribution in [3.63, 3.8) is 0 Å². The minimum absolute atomic E-state index is 0.0861. The van der Waals surface area contributed by atoms with Gasteiger partial charge in [-0.1, -0.05) is 0 Å². The number of unbranched alkanes of at least 4 members (excludes halogenated alkanes) is 1. The van der Waals surface area contributed by atoms with Crippen LogP contribution in [-0.4, -0.2) is 125 Å². The van der Waals surface area contributed by atoms with E-state index in [2.05, 4.69) is 21.3 Å². The third kappa shape index (κ3) is 11.5. The number of nitrogens with one attached hydrogen (secondary N) is 4. The van der Waals surface area contributed by atoms with Crippen LogP contribution in [0.4, 0.5) is 0 Å². The molecule has 2 saturated heterocycles. The number of carbonyl (C=O) groups is 8. The zero-order valence-corrected chi connectivity index (χ0v) is 27.0. The third-order valence-corrected chi connectivity index (χ3v) is 8.22. The Hall–Kier alpha value is -4.32. The van der Waals surface area contributed by atoms with Crippen molar-refractivity contribution in [2.24, 2.45) is 17.2 Å². The summed E-state index contributed by atoms with van der Waals surface area (Å²) in [6.07, 6.45) is 2.53. The molecule has 0 unspecified atom stereocenters.